The first-order chi connectivity index (χ1) is 9.08. The van der Waals surface area contributed by atoms with E-state index in [1.807, 2.05) is 12.1 Å². The molecule has 6 nitrogen and oxygen atoms in total. The summed E-state index contributed by atoms with van der Waals surface area (Å²) in [7, 11) is 0. The highest BCUT2D eigenvalue weighted by molar-refractivity contribution is 5.84. The van der Waals surface area contributed by atoms with E-state index in [-0.39, 0.29) is 25.3 Å². The Kier molecular flexibility index (Phi) is 4.11. The Balaban J connectivity index is 1.94. The minimum absolute atomic E-state index is 0.0953. The number of carboxylic acids is 1. The fourth-order valence-corrected chi connectivity index (χ4v) is 2.25. The van der Waals surface area contributed by atoms with Crippen molar-refractivity contribution in [3.05, 3.63) is 30.1 Å². The van der Waals surface area contributed by atoms with Crippen LogP contribution < -0.4 is 0 Å². The Morgan fingerprint density at radius 1 is 1.42 bits per heavy atom. The van der Waals surface area contributed by atoms with Crippen LogP contribution in [0.25, 0.3) is 0 Å². The van der Waals surface area contributed by atoms with Crippen molar-refractivity contribution in [1.82, 2.24) is 9.88 Å². The topological polar surface area (TPSA) is 90.7 Å². The average molecular weight is 264 g/mol. The second-order valence-corrected chi connectivity index (χ2v) is 4.61. The zero-order valence-electron chi connectivity index (χ0n) is 10.4. The summed E-state index contributed by atoms with van der Waals surface area (Å²) < 4.78 is 0. The standard InChI is InChI=1S/C13H16N2O4/c16-10-7-11(13(18)19)15(8-10)12(17)5-4-9-3-1-2-6-14-9/h1-3,6,10-11,16H,4-5,7-8H2,(H,18,19)/t10-,11+/m1/s1. The number of likely N-dealkylation sites (tertiary alicyclic amines) is 1. The van der Waals surface area contributed by atoms with E-state index in [1.165, 1.54) is 4.90 Å². The monoisotopic (exact) mass is 264 g/mol. The lowest BCUT2D eigenvalue weighted by Crippen LogP contribution is -2.40. The third kappa shape index (κ3) is 3.29. The van der Waals surface area contributed by atoms with E-state index in [4.69, 9.17) is 5.11 Å². The maximum absolute atomic E-state index is 12.0. The van der Waals surface area contributed by atoms with Gasteiger partial charge in [-0.25, -0.2) is 4.79 Å². The molecule has 1 aliphatic rings. The lowest BCUT2D eigenvalue weighted by Gasteiger charge is -2.20. The van der Waals surface area contributed by atoms with Gasteiger partial charge in [0.05, 0.1) is 6.10 Å². The van der Waals surface area contributed by atoms with Gasteiger partial charge in [-0.2, -0.15) is 0 Å². The number of carbonyl (C=O) groups is 2. The second-order valence-electron chi connectivity index (χ2n) is 4.61. The average Bonchev–Trinajstić information content (AvgIpc) is 2.79. The first-order valence-corrected chi connectivity index (χ1v) is 6.18. The maximum Gasteiger partial charge on any atom is 0.326 e. The number of aliphatic carboxylic acids is 1. The number of aliphatic hydroxyl groups excluding tert-OH is 1. The third-order valence-electron chi connectivity index (χ3n) is 3.21. The Hall–Kier alpha value is -1.95. The van der Waals surface area contributed by atoms with Gasteiger partial charge in [-0.15, -0.1) is 0 Å². The molecular formula is C13H16N2O4. The molecule has 102 valence electrons. The molecule has 2 rings (SSSR count). The maximum atomic E-state index is 12.0. The van der Waals surface area contributed by atoms with Gasteiger partial charge in [-0.1, -0.05) is 6.07 Å². The second kappa shape index (κ2) is 5.79. The molecule has 1 aromatic rings. The minimum Gasteiger partial charge on any atom is -0.480 e. The molecule has 0 bridgehead atoms. The number of aryl methyl sites for hydroxylation is 1. The van der Waals surface area contributed by atoms with Crippen LogP contribution in [-0.4, -0.2) is 50.7 Å². The molecule has 1 fully saturated rings. The fourth-order valence-electron chi connectivity index (χ4n) is 2.25. The SMILES string of the molecule is O=C(O)[C@@H]1C[C@@H](O)CN1C(=O)CCc1ccccn1. The smallest absolute Gasteiger partial charge is 0.326 e. The quantitative estimate of drug-likeness (QED) is 0.802. The van der Waals surface area contributed by atoms with Crippen LogP contribution in [0.4, 0.5) is 0 Å². The van der Waals surface area contributed by atoms with E-state index >= 15 is 0 Å². The molecule has 6 heteroatoms. The highest BCUT2D eigenvalue weighted by Gasteiger charge is 2.38. The molecule has 0 radical (unpaired) electrons. The van der Waals surface area contributed by atoms with Gasteiger partial charge in [0.25, 0.3) is 0 Å². The van der Waals surface area contributed by atoms with Gasteiger partial charge < -0.3 is 15.1 Å². The molecule has 0 spiro atoms. The number of hydrogen-bond donors (Lipinski definition) is 2. The molecule has 2 heterocycles. The number of β-amino-alcohol motifs (C(OH)–C–C–N with tert-alkyl or cyclic N) is 1. The van der Waals surface area contributed by atoms with Gasteiger partial charge in [0, 0.05) is 31.3 Å². The molecule has 0 saturated carbocycles. The first kappa shape index (κ1) is 13.5. The lowest BCUT2D eigenvalue weighted by molar-refractivity contribution is -0.148. The predicted octanol–water partition coefficient (Wildman–Crippen LogP) is 0.0606. The zero-order chi connectivity index (χ0) is 13.8. The molecule has 0 aliphatic carbocycles. The lowest BCUT2D eigenvalue weighted by atomic mass is 10.2. The van der Waals surface area contributed by atoms with Crippen LogP contribution in [0.5, 0.6) is 0 Å². The van der Waals surface area contributed by atoms with Gasteiger partial charge in [-0.3, -0.25) is 9.78 Å². The summed E-state index contributed by atoms with van der Waals surface area (Å²) in [6, 6.07) is 4.54. The summed E-state index contributed by atoms with van der Waals surface area (Å²) in [6.45, 7) is 0.0953. The highest BCUT2D eigenvalue weighted by atomic mass is 16.4. The van der Waals surface area contributed by atoms with Crippen molar-refractivity contribution in [3.8, 4) is 0 Å². The molecule has 2 N–H and O–H groups in total. The molecule has 19 heavy (non-hydrogen) atoms. The Bertz CT molecular complexity index is 463. The van der Waals surface area contributed by atoms with Gasteiger partial charge >= 0.3 is 5.97 Å². The predicted molar refractivity (Wildman–Crippen MR) is 66.3 cm³/mol. The van der Waals surface area contributed by atoms with E-state index in [2.05, 4.69) is 4.98 Å². The molecule has 0 aromatic carbocycles. The Morgan fingerprint density at radius 2 is 2.21 bits per heavy atom. The number of aliphatic hydroxyl groups is 1. The Labute approximate surface area is 110 Å². The number of rotatable bonds is 4. The van der Waals surface area contributed by atoms with Crippen LogP contribution in [0.2, 0.25) is 0 Å². The number of amides is 1. The largest absolute Gasteiger partial charge is 0.480 e. The van der Waals surface area contributed by atoms with Gasteiger partial charge in [0.2, 0.25) is 5.91 Å². The summed E-state index contributed by atoms with van der Waals surface area (Å²) in [5, 5.41) is 18.5. The van der Waals surface area contributed by atoms with Gasteiger partial charge in [-0.05, 0) is 18.6 Å². The van der Waals surface area contributed by atoms with Crippen LogP contribution in [0.1, 0.15) is 18.5 Å². The first-order valence-electron chi connectivity index (χ1n) is 6.18. The van der Waals surface area contributed by atoms with Crippen molar-refractivity contribution in [2.24, 2.45) is 0 Å². The van der Waals surface area contributed by atoms with Crippen LogP contribution >= 0.6 is 0 Å². The number of carbonyl (C=O) groups excluding carboxylic acids is 1. The number of pyridine rings is 1. The van der Waals surface area contributed by atoms with Crippen molar-refractivity contribution in [2.45, 2.75) is 31.4 Å². The molecule has 0 unspecified atom stereocenters. The number of hydrogen-bond acceptors (Lipinski definition) is 4. The van der Waals surface area contributed by atoms with Crippen LogP contribution in [0.3, 0.4) is 0 Å². The summed E-state index contributed by atoms with van der Waals surface area (Å²) in [6.07, 6.45) is 1.68. The summed E-state index contributed by atoms with van der Waals surface area (Å²) in [5.74, 6) is -1.32. The molecular weight excluding hydrogens is 248 g/mol. The van der Waals surface area contributed by atoms with Crippen LogP contribution in [0, 0.1) is 0 Å². The van der Waals surface area contributed by atoms with Crippen molar-refractivity contribution in [2.75, 3.05) is 6.54 Å². The molecule has 1 saturated heterocycles. The van der Waals surface area contributed by atoms with Crippen molar-refractivity contribution in [3.63, 3.8) is 0 Å². The number of aromatic nitrogens is 1. The van der Waals surface area contributed by atoms with Crippen molar-refractivity contribution < 1.29 is 19.8 Å². The van der Waals surface area contributed by atoms with E-state index in [1.54, 1.807) is 12.3 Å². The summed E-state index contributed by atoms with van der Waals surface area (Å²) >= 11 is 0. The zero-order valence-corrected chi connectivity index (χ0v) is 10.4. The summed E-state index contributed by atoms with van der Waals surface area (Å²) in [5.41, 5.74) is 0.794. The molecule has 2 atom stereocenters. The van der Waals surface area contributed by atoms with Gasteiger partial charge in [0.15, 0.2) is 0 Å². The third-order valence-corrected chi connectivity index (χ3v) is 3.21. The number of carboxylic acid groups (broad SMARTS) is 1. The minimum atomic E-state index is -1.07. The summed E-state index contributed by atoms with van der Waals surface area (Å²) in [4.78, 5) is 28.4. The van der Waals surface area contributed by atoms with Crippen LogP contribution in [-0.2, 0) is 16.0 Å². The number of nitrogens with zero attached hydrogens (tertiary/aromatic N) is 2. The van der Waals surface area contributed by atoms with E-state index in [0.29, 0.717) is 6.42 Å². The fraction of sp³-hybridized carbons (Fsp3) is 0.462. The van der Waals surface area contributed by atoms with Crippen LogP contribution in [0.15, 0.2) is 24.4 Å². The van der Waals surface area contributed by atoms with Gasteiger partial charge in [0.1, 0.15) is 6.04 Å². The van der Waals surface area contributed by atoms with E-state index < -0.39 is 18.1 Å². The molecule has 1 amide bonds. The van der Waals surface area contributed by atoms with Crippen molar-refractivity contribution >= 4 is 11.9 Å². The molecule has 1 aliphatic heterocycles. The Morgan fingerprint density at radius 3 is 2.84 bits per heavy atom. The van der Waals surface area contributed by atoms with E-state index in [9.17, 15) is 14.7 Å². The van der Waals surface area contributed by atoms with E-state index in [0.717, 1.165) is 5.69 Å². The van der Waals surface area contributed by atoms with Crippen molar-refractivity contribution in [1.29, 1.82) is 0 Å². The normalized spacial score (nSPS) is 22.5. The molecule has 1 aromatic heterocycles. The highest BCUT2D eigenvalue weighted by Crippen LogP contribution is 2.19.